The Balaban J connectivity index is 1.75. The van der Waals surface area contributed by atoms with Gasteiger partial charge in [-0.3, -0.25) is 4.18 Å². The van der Waals surface area contributed by atoms with Crippen molar-refractivity contribution in [3.8, 4) is 0 Å². The number of benzene rings is 2. The lowest BCUT2D eigenvalue weighted by molar-refractivity contribution is -0.0328. The molecule has 0 amide bonds. The fourth-order valence-electron chi connectivity index (χ4n) is 4.25. The van der Waals surface area contributed by atoms with Gasteiger partial charge in [-0.1, -0.05) is 37.6 Å². The van der Waals surface area contributed by atoms with E-state index in [0.717, 1.165) is 16.7 Å². The van der Waals surface area contributed by atoms with E-state index in [9.17, 15) is 17.9 Å². The van der Waals surface area contributed by atoms with Crippen LogP contribution in [0.2, 0.25) is 0 Å². The van der Waals surface area contributed by atoms with Crippen molar-refractivity contribution in [3.63, 3.8) is 0 Å². The molecule has 0 aliphatic heterocycles. The predicted molar refractivity (Wildman–Crippen MR) is 106 cm³/mol. The molecular weight excluding hydrogens is 379 g/mol. The van der Waals surface area contributed by atoms with Gasteiger partial charge in [0.2, 0.25) is 0 Å². The largest absolute Gasteiger partial charge is 0.389 e. The van der Waals surface area contributed by atoms with Gasteiger partial charge in [-0.15, -0.1) is 0 Å². The van der Waals surface area contributed by atoms with Crippen LogP contribution in [0.15, 0.2) is 47.4 Å². The average molecular weight is 407 g/mol. The van der Waals surface area contributed by atoms with Crippen LogP contribution in [-0.4, -0.2) is 25.7 Å². The molecule has 0 radical (unpaired) electrons. The molecule has 1 aliphatic carbocycles. The topological polar surface area (TPSA) is 63.6 Å². The Hall–Kier alpha value is -1.76. The summed E-state index contributed by atoms with van der Waals surface area (Å²) in [6.45, 7) is 5.80. The van der Waals surface area contributed by atoms with Gasteiger partial charge >= 0.3 is 0 Å². The molecule has 28 heavy (non-hydrogen) atoms. The molecule has 1 N–H and O–H groups in total. The SMILES string of the molecule is Cc1ccc(S(=O)(=O)OCC[C@@]2(O)CCc3cc(F)ccc3[C@@H]2C(C)C)cc1. The van der Waals surface area contributed by atoms with Crippen molar-refractivity contribution in [2.45, 2.75) is 56.4 Å². The zero-order valence-corrected chi connectivity index (χ0v) is 17.3. The zero-order chi connectivity index (χ0) is 20.5. The minimum atomic E-state index is -3.87. The van der Waals surface area contributed by atoms with Crippen LogP contribution in [0.1, 0.15) is 49.3 Å². The zero-order valence-electron chi connectivity index (χ0n) is 16.5. The minimum absolute atomic E-state index is 0.105. The van der Waals surface area contributed by atoms with Crippen LogP contribution in [0.3, 0.4) is 0 Å². The Morgan fingerprint density at radius 3 is 2.54 bits per heavy atom. The summed E-state index contributed by atoms with van der Waals surface area (Å²) < 4.78 is 43.6. The highest BCUT2D eigenvalue weighted by Gasteiger charge is 2.43. The molecular formula is C22H27FO4S. The summed E-state index contributed by atoms with van der Waals surface area (Å²) in [7, 11) is -3.87. The van der Waals surface area contributed by atoms with Crippen molar-refractivity contribution < 1.29 is 22.1 Å². The highest BCUT2D eigenvalue weighted by Crippen LogP contribution is 2.45. The summed E-state index contributed by atoms with van der Waals surface area (Å²) in [5, 5.41) is 11.4. The molecule has 0 heterocycles. The summed E-state index contributed by atoms with van der Waals surface area (Å²) in [4.78, 5) is 0.106. The lowest BCUT2D eigenvalue weighted by Gasteiger charge is -2.43. The van der Waals surface area contributed by atoms with Crippen LogP contribution in [0.25, 0.3) is 0 Å². The molecule has 2 aromatic carbocycles. The number of aliphatic hydroxyl groups is 1. The van der Waals surface area contributed by atoms with E-state index in [1.807, 2.05) is 20.8 Å². The van der Waals surface area contributed by atoms with Crippen LogP contribution in [-0.2, 0) is 20.7 Å². The fourth-order valence-corrected chi connectivity index (χ4v) is 5.16. The first-order valence-electron chi connectivity index (χ1n) is 9.59. The van der Waals surface area contributed by atoms with Gasteiger partial charge in [-0.05, 0) is 61.1 Å². The third-order valence-corrected chi connectivity index (χ3v) is 6.92. The molecule has 0 spiro atoms. The van der Waals surface area contributed by atoms with Gasteiger partial charge in [0.1, 0.15) is 5.82 Å². The molecule has 0 unspecified atom stereocenters. The first-order valence-corrected chi connectivity index (χ1v) is 11.0. The summed E-state index contributed by atoms with van der Waals surface area (Å²) in [5.74, 6) is -0.370. The third kappa shape index (κ3) is 4.29. The molecule has 3 rings (SSSR count). The normalized spacial score (nSPS) is 22.3. The first-order chi connectivity index (χ1) is 13.1. The third-order valence-electron chi connectivity index (χ3n) is 5.60. The number of rotatable bonds is 6. The first kappa shape index (κ1) is 21.0. The molecule has 0 saturated carbocycles. The van der Waals surface area contributed by atoms with Gasteiger partial charge in [-0.2, -0.15) is 8.42 Å². The number of hydrogen-bond acceptors (Lipinski definition) is 4. The standard InChI is InChI=1S/C22H27FO4S/c1-15(2)21-20-9-6-18(23)14-17(20)10-11-22(21,24)12-13-27-28(25,26)19-7-4-16(3)5-8-19/h4-9,14-15,21,24H,10-13H2,1-3H3/t21-,22-/m0/s1. The predicted octanol–water partition coefficient (Wildman–Crippen LogP) is 4.35. The van der Waals surface area contributed by atoms with Crippen molar-refractivity contribution in [1.82, 2.24) is 0 Å². The van der Waals surface area contributed by atoms with Crippen LogP contribution < -0.4 is 0 Å². The maximum Gasteiger partial charge on any atom is 0.296 e. The highest BCUT2D eigenvalue weighted by atomic mass is 32.2. The molecule has 0 bridgehead atoms. The quantitative estimate of drug-likeness (QED) is 0.725. The lowest BCUT2D eigenvalue weighted by atomic mass is 9.66. The average Bonchev–Trinajstić information content (AvgIpc) is 2.61. The van der Waals surface area contributed by atoms with E-state index < -0.39 is 15.7 Å². The Morgan fingerprint density at radius 1 is 1.21 bits per heavy atom. The van der Waals surface area contributed by atoms with Crippen LogP contribution in [0.5, 0.6) is 0 Å². The highest BCUT2D eigenvalue weighted by molar-refractivity contribution is 7.86. The van der Waals surface area contributed by atoms with Crippen LogP contribution >= 0.6 is 0 Å². The van der Waals surface area contributed by atoms with Crippen LogP contribution in [0, 0.1) is 18.7 Å². The Bertz CT molecular complexity index is 938. The van der Waals surface area contributed by atoms with E-state index in [1.54, 1.807) is 18.2 Å². The minimum Gasteiger partial charge on any atom is -0.389 e. The van der Waals surface area contributed by atoms with E-state index in [0.29, 0.717) is 12.8 Å². The Labute approximate surface area is 166 Å². The number of fused-ring (bicyclic) bond motifs is 1. The van der Waals surface area contributed by atoms with E-state index in [1.165, 1.54) is 24.3 Å². The van der Waals surface area contributed by atoms with E-state index in [4.69, 9.17) is 4.18 Å². The molecule has 6 heteroatoms. The smallest absolute Gasteiger partial charge is 0.296 e. The molecule has 2 aromatic rings. The van der Waals surface area contributed by atoms with E-state index in [2.05, 4.69) is 0 Å². The Morgan fingerprint density at radius 2 is 1.89 bits per heavy atom. The Kier molecular flexibility index (Phi) is 5.94. The van der Waals surface area contributed by atoms with Crippen LogP contribution in [0.4, 0.5) is 4.39 Å². The second-order valence-corrected chi connectivity index (χ2v) is 9.62. The number of aryl methyl sites for hydroxylation is 2. The summed E-state index contributed by atoms with van der Waals surface area (Å²) in [5.41, 5.74) is 1.72. The fraction of sp³-hybridized carbons (Fsp3) is 0.455. The van der Waals surface area contributed by atoms with Gasteiger partial charge in [0.15, 0.2) is 0 Å². The van der Waals surface area contributed by atoms with E-state index >= 15 is 0 Å². The summed E-state index contributed by atoms with van der Waals surface area (Å²) >= 11 is 0. The van der Waals surface area contributed by atoms with E-state index in [-0.39, 0.29) is 35.6 Å². The monoisotopic (exact) mass is 406 g/mol. The van der Waals surface area contributed by atoms with Crippen molar-refractivity contribution in [2.24, 2.45) is 5.92 Å². The molecule has 0 fully saturated rings. The van der Waals surface area contributed by atoms with Gasteiger partial charge in [-0.25, -0.2) is 4.39 Å². The van der Waals surface area contributed by atoms with Gasteiger partial charge in [0, 0.05) is 12.3 Å². The maximum absolute atomic E-state index is 13.6. The molecule has 2 atom stereocenters. The number of hydrogen-bond donors (Lipinski definition) is 1. The molecule has 152 valence electrons. The lowest BCUT2D eigenvalue weighted by Crippen LogP contribution is -2.44. The maximum atomic E-state index is 13.6. The van der Waals surface area contributed by atoms with Crippen molar-refractivity contribution in [3.05, 3.63) is 65.0 Å². The number of halogens is 1. The van der Waals surface area contributed by atoms with Crippen molar-refractivity contribution in [1.29, 1.82) is 0 Å². The van der Waals surface area contributed by atoms with Crippen molar-refractivity contribution in [2.75, 3.05) is 6.61 Å². The van der Waals surface area contributed by atoms with Gasteiger partial charge < -0.3 is 5.11 Å². The van der Waals surface area contributed by atoms with Gasteiger partial charge in [0.25, 0.3) is 10.1 Å². The molecule has 4 nitrogen and oxygen atoms in total. The summed E-state index contributed by atoms with van der Waals surface area (Å²) in [6, 6.07) is 11.2. The summed E-state index contributed by atoms with van der Waals surface area (Å²) in [6.07, 6.45) is 1.19. The second kappa shape index (κ2) is 7.93. The van der Waals surface area contributed by atoms with Crippen molar-refractivity contribution >= 4 is 10.1 Å². The molecule has 1 aliphatic rings. The molecule has 0 saturated heterocycles. The second-order valence-electron chi connectivity index (χ2n) is 8.01. The molecule has 0 aromatic heterocycles. The van der Waals surface area contributed by atoms with Gasteiger partial charge in [0.05, 0.1) is 17.1 Å².